The quantitative estimate of drug-likeness (QED) is 0.419. The Morgan fingerprint density at radius 2 is 1.62 bits per heavy atom. The first kappa shape index (κ1) is 21.9. The number of benzene rings is 2. The molecule has 2 aromatic carbocycles. The minimum Gasteiger partial charge on any atom is -0.340 e. The standard InChI is InChI=1S/C25H24FN3O2S/c1-15(2)25-28-23(24(29-25)22-7-5-6-16(3)27-22)18-10-13-21(26)20(14-18)17-8-11-19(12-9-17)32(4,30)31/h5-15H,1-4H3,(H,28,29). The maximum Gasteiger partial charge on any atom is 0.175 e. The zero-order chi connectivity index (χ0) is 23.0. The van der Waals surface area contributed by atoms with Crippen LogP contribution in [0.25, 0.3) is 33.8 Å². The highest BCUT2D eigenvalue weighted by molar-refractivity contribution is 7.90. The number of aryl methyl sites for hydroxylation is 1. The van der Waals surface area contributed by atoms with Crippen molar-refractivity contribution in [1.29, 1.82) is 0 Å². The second kappa shape index (κ2) is 8.31. The maximum absolute atomic E-state index is 14.8. The zero-order valence-electron chi connectivity index (χ0n) is 18.3. The molecule has 0 amide bonds. The molecule has 0 radical (unpaired) electrons. The Morgan fingerprint density at radius 3 is 2.25 bits per heavy atom. The number of aromatic amines is 1. The van der Waals surface area contributed by atoms with Crippen LogP contribution in [-0.4, -0.2) is 29.6 Å². The van der Waals surface area contributed by atoms with E-state index in [1.165, 1.54) is 18.2 Å². The van der Waals surface area contributed by atoms with E-state index in [1.54, 1.807) is 24.3 Å². The van der Waals surface area contributed by atoms with Crippen LogP contribution in [-0.2, 0) is 9.84 Å². The summed E-state index contributed by atoms with van der Waals surface area (Å²) in [5, 5.41) is 0. The van der Waals surface area contributed by atoms with Crippen LogP contribution in [0.5, 0.6) is 0 Å². The molecule has 2 heterocycles. The Bertz CT molecular complexity index is 1390. The molecule has 0 aliphatic heterocycles. The summed E-state index contributed by atoms with van der Waals surface area (Å²) in [6.07, 6.45) is 1.15. The van der Waals surface area contributed by atoms with Crippen molar-refractivity contribution in [3.05, 3.63) is 78.0 Å². The molecule has 2 aromatic heterocycles. The van der Waals surface area contributed by atoms with E-state index < -0.39 is 15.7 Å². The lowest BCUT2D eigenvalue weighted by Gasteiger charge is -2.09. The summed E-state index contributed by atoms with van der Waals surface area (Å²) in [4.78, 5) is 13.0. The highest BCUT2D eigenvalue weighted by Gasteiger charge is 2.19. The van der Waals surface area contributed by atoms with Crippen molar-refractivity contribution in [2.45, 2.75) is 31.6 Å². The molecule has 4 rings (SSSR count). The predicted molar refractivity (Wildman–Crippen MR) is 125 cm³/mol. The van der Waals surface area contributed by atoms with E-state index >= 15 is 0 Å². The molecule has 7 heteroatoms. The molecule has 5 nitrogen and oxygen atoms in total. The van der Waals surface area contributed by atoms with Gasteiger partial charge < -0.3 is 4.98 Å². The van der Waals surface area contributed by atoms with Gasteiger partial charge in [0, 0.05) is 29.0 Å². The molecule has 0 aliphatic rings. The number of sulfone groups is 1. The number of halogens is 1. The van der Waals surface area contributed by atoms with Crippen molar-refractivity contribution in [3.63, 3.8) is 0 Å². The van der Waals surface area contributed by atoms with Gasteiger partial charge in [-0.2, -0.15) is 0 Å². The molecular formula is C25H24FN3O2S. The molecule has 1 N–H and O–H groups in total. The van der Waals surface area contributed by atoms with E-state index in [1.807, 2.05) is 25.1 Å². The molecule has 4 aromatic rings. The molecule has 0 saturated carbocycles. The number of pyridine rings is 1. The first-order valence-corrected chi connectivity index (χ1v) is 12.2. The number of imidazole rings is 1. The smallest absolute Gasteiger partial charge is 0.175 e. The highest BCUT2D eigenvalue weighted by Crippen LogP contribution is 2.34. The van der Waals surface area contributed by atoms with Gasteiger partial charge in [-0.05, 0) is 55.0 Å². The fourth-order valence-electron chi connectivity index (χ4n) is 3.52. The van der Waals surface area contributed by atoms with Crippen LogP contribution in [0.1, 0.15) is 31.3 Å². The SMILES string of the molecule is Cc1cccc(-c2[nH]c(C(C)C)nc2-c2ccc(F)c(-c3ccc(S(C)(=O)=O)cc3)c2)n1. The molecule has 0 aliphatic carbocycles. The molecule has 0 fully saturated rings. The Hall–Kier alpha value is -3.32. The van der Waals surface area contributed by atoms with Gasteiger partial charge in [-0.25, -0.2) is 17.8 Å². The number of aromatic nitrogens is 3. The molecule has 32 heavy (non-hydrogen) atoms. The summed E-state index contributed by atoms with van der Waals surface area (Å²) in [5.74, 6) is 0.605. The number of nitrogens with zero attached hydrogens (tertiary/aromatic N) is 2. The van der Waals surface area contributed by atoms with Gasteiger partial charge in [-0.15, -0.1) is 0 Å². The second-order valence-corrected chi connectivity index (χ2v) is 10.2. The van der Waals surface area contributed by atoms with Crippen molar-refractivity contribution >= 4 is 9.84 Å². The molecule has 0 atom stereocenters. The Kier molecular flexibility index (Phi) is 5.69. The molecule has 0 spiro atoms. The number of H-pyrrole nitrogens is 1. The number of nitrogens with one attached hydrogen (secondary N) is 1. The first-order chi connectivity index (χ1) is 15.1. The van der Waals surface area contributed by atoms with E-state index in [2.05, 4.69) is 23.8 Å². The molecule has 0 unspecified atom stereocenters. The number of hydrogen-bond donors (Lipinski definition) is 1. The van der Waals surface area contributed by atoms with E-state index in [9.17, 15) is 12.8 Å². The van der Waals surface area contributed by atoms with Gasteiger partial charge in [0.2, 0.25) is 0 Å². The molecule has 164 valence electrons. The molecule has 0 bridgehead atoms. The van der Waals surface area contributed by atoms with E-state index in [0.29, 0.717) is 16.8 Å². The van der Waals surface area contributed by atoms with E-state index in [-0.39, 0.29) is 10.8 Å². The van der Waals surface area contributed by atoms with Crippen LogP contribution in [0.3, 0.4) is 0 Å². The lowest BCUT2D eigenvalue weighted by molar-refractivity contribution is 0.602. The van der Waals surface area contributed by atoms with Gasteiger partial charge in [0.25, 0.3) is 0 Å². The van der Waals surface area contributed by atoms with Gasteiger partial charge in [0.1, 0.15) is 11.6 Å². The highest BCUT2D eigenvalue weighted by atomic mass is 32.2. The monoisotopic (exact) mass is 449 g/mol. The van der Waals surface area contributed by atoms with Gasteiger partial charge in [-0.3, -0.25) is 4.98 Å². The Labute approximate surface area is 187 Å². The summed E-state index contributed by atoms with van der Waals surface area (Å²) < 4.78 is 38.3. The molecule has 0 saturated heterocycles. The van der Waals surface area contributed by atoms with Crippen molar-refractivity contribution in [2.24, 2.45) is 0 Å². The van der Waals surface area contributed by atoms with Gasteiger partial charge in [0.15, 0.2) is 9.84 Å². The largest absolute Gasteiger partial charge is 0.340 e. The lowest BCUT2D eigenvalue weighted by Crippen LogP contribution is -1.96. The normalized spacial score (nSPS) is 11.8. The van der Waals surface area contributed by atoms with Gasteiger partial charge in [-0.1, -0.05) is 32.0 Å². The van der Waals surface area contributed by atoms with E-state index in [4.69, 9.17) is 4.98 Å². The van der Waals surface area contributed by atoms with Crippen molar-refractivity contribution in [3.8, 4) is 33.8 Å². The summed E-state index contributed by atoms with van der Waals surface area (Å²) >= 11 is 0. The third-order valence-electron chi connectivity index (χ3n) is 5.25. The lowest BCUT2D eigenvalue weighted by atomic mass is 10.00. The summed E-state index contributed by atoms with van der Waals surface area (Å²) in [6, 6.07) is 16.9. The van der Waals surface area contributed by atoms with Crippen LogP contribution in [0, 0.1) is 12.7 Å². The third kappa shape index (κ3) is 4.34. The number of hydrogen-bond acceptors (Lipinski definition) is 4. The summed E-state index contributed by atoms with van der Waals surface area (Å²) in [7, 11) is -3.32. The summed E-state index contributed by atoms with van der Waals surface area (Å²) in [6.45, 7) is 6.03. The van der Waals surface area contributed by atoms with Crippen molar-refractivity contribution < 1.29 is 12.8 Å². The van der Waals surface area contributed by atoms with Gasteiger partial charge >= 0.3 is 0 Å². The topological polar surface area (TPSA) is 75.7 Å². The average Bonchev–Trinajstić information content (AvgIpc) is 3.19. The van der Waals surface area contributed by atoms with Crippen LogP contribution >= 0.6 is 0 Å². The third-order valence-corrected chi connectivity index (χ3v) is 6.38. The van der Waals surface area contributed by atoms with Crippen molar-refractivity contribution in [2.75, 3.05) is 6.26 Å². The van der Waals surface area contributed by atoms with Crippen LogP contribution in [0.2, 0.25) is 0 Å². The van der Waals surface area contributed by atoms with Crippen LogP contribution in [0.4, 0.5) is 4.39 Å². The minimum absolute atomic E-state index is 0.177. The van der Waals surface area contributed by atoms with Crippen molar-refractivity contribution in [1.82, 2.24) is 15.0 Å². The Morgan fingerprint density at radius 1 is 0.938 bits per heavy atom. The van der Waals surface area contributed by atoms with Crippen LogP contribution < -0.4 is 0 Å². The van der Waals surface area contributed by atoms with E-state index in [0.717, 1.165) is 34.7 Å². The van der Waals surface area contributed by atoms with Gasteiger partial charge in [0.05, 0.1) is 22.0 Å². The zero-order valence-corrected chi connectivity index (χ0v) is 19.2. The first-order valence-electron chi connectivity index (χ1n) is 10.3. The predicted octanol–water partition coefficient (Wildman–Crippen LogP) is 5.78. The van der Waals surface area contributed by atoms with Crippen LogP contribution in [0.15, 0.2) is 65.6 Å². The summed E-state index contributed by atoms with van der Waals surface area (Å²) in [5.41, 5.74) is 4.84. The molecular weight excluding hydrogens is 425 g/mol. The Balaban J connectivity index is 1.85. The fourth-order valence-corrected chi connectivity index (χ4v) is 4.15. The maximum atomic E-state index is 14.8. The number of rotatable bonds is 5. The fraction of sp³-hybridized carbons (Fsp3) is 0.200. The average molecular weight is 450 g/mol. The minimum atomic E-state index is -3.32. The second-order valence-electron chi connectivity index (χ2n) is 8.16.